The molecule has 0 unspecified atom stereocenters. The minimum Gasteiger partial charge on any atom is -0.408 e. The molecule has 3 rings (SSSR count). The van der Waals surface area contributed by atoms with E-state index in [-0.39, 0.29) is 5.76 Å². The van der Waals surface area contributed by atoms with Crippen molar-refractivity contribution in [1.82, 2.24) is 14.8 Å². The van der Waals surface area contributed by atoms with Gasteiger partial charge in [0, 0.05) is 12.6 Å². The van der Waals surface area contributed by atoms with Gasteiger partial charge in [-0.3, -0.25) is 9.67 Å². The fraction of sp³-hybridized carbons (Fsp3) is 0.231. The van der Waals surface area contributed by atoms with Crippen LogP contribution in [0.2, 0.25) is 0 Å². The molecule has 2 aromatic heterocycles. The zero-order chi connectivity index (χ0) is 13.4. The molecule has 98 valence electrons. The van der Waals surface area contributed by atoms with Crippen molar-refractivity contribution in [1.29, 1.82) is 0 Å². The van der Waals surface area contributed by atoms with Crippen molar-refractivity contribution in [3.63, 3.8) is 0 Å². The predicted octanol–water partition coefficient (Wildman–Crippen LogP) is 1.02. The predicted molar refractivity (Wildman–Crippen MR) is 71.8 cm³/mol. The molecule has 6 nitrogen and oxygen atoms in total. The van der Waals surface area contributed by atoms with E-state index in [1.807, 2.05) is 18.2 Å². The zero-order valence-electron chi connectivity index (χ0n) is 10.5. The van der Waals surface area contributed by atoms with Gasteiger partial charge >= 0.3 is 5.76 Å². The van der Waals surface area contributed by atoms with Crippen LogP contribution in [-0.2, 0) is 13.5 Å². The Morgan fingerprint density at radius 2 is 2.32 bits per heavy atom. The second-order valence-electron chi connectivity index (χ2n) is 4.42. The first kappa shape index (κ1) is 11.7. The first-order chi connectivity index (χ1) is 9.20. The first-order valence-electron chi connectivity index (χ1n) is 6.03. The number of rotatable bonds is 3. The highest BCUT2D eigenvalue weighted by molar-refractivity contribution is 5.80. The van der Waals surface area contributed by atoms with Crippen LogP contribution >= 0.6 is 0 Å². The van der Waals surface area contributed by atoms with Gasteiger partial charge in [-0.1, -0.05) is 6.07 Å². The van der Waals surface area contributed by atoms with E-state index in [9.17, 15) is 4.79 Å². The molecule has 0 fully saturated rings. The lowest BCUT2D eigenvalue weighted by atomic mass is 10.1. The Hall–Kier alpha value is -2.34. The van der Waals surface area contributed by atoms with Crippen LogP contribution in [0.5, 0.6) is 0 Å². The molecule has 0 aliphatic heterocycles. The van der Waals surface area contributed by atoms with E-state index in [1.54, 1.807) is 13.2 Å². The molecular formula is C13H14N4O2. The van der Waals surface area contributed by atoms with Crippen LogP contribution in [0.4, 0.5) is 0 Å². The van der Waals surface area contributed by atoms with Crippen LogP contribution in [0, 0.1) is 0 Å². The molecule has 3 N–H and O–H groups in total. The number of nitrogens with one attached hydrogen (secondary N) is 1. The lowest BCUT2D eigenvalue weighted by Gasteiger charge is -2.02. The quantitative estimate of drug-likeness (QED) is 0.734. The number of hydrogen-bond donors (Lipinski definition) is 2. The Labute approximate surface area is 108 Å². The smallest absolute Gasteiger partial charge is 0.408 e. The van der Waals surface area contributed by atoms with Crippen LogP contribution in [0.3, 0.4) is 0 Å². The maximum Gasteiger partial charge on any atom is 0.419 e. The number of nitrogens with two attached hydrogens (primary N) is 1. The van der Waals surface area contributed by atoms with Crippen molar-refractivity contribution in [2.75, 3.05) is 6.54 Å². The lowest BCUT2D eigenvalue weighted by molar-refractivity contribution is 0.528. The van der Waals surface area contributed by atoms with Gasteiger partial charge in [-0.05, 0) is 30.7 Å². The van der Waals surface area contributed by atoms with Gasteiger partial charge in [0.05, 0.1) is 17.4 Å². The minimum absolute atomic E-state index is 0.362. The summed E-state index contributed by atoms with van der Waals surface area (Å²) in [4.78, 5) is 11.5. The molecule has 0 atom stereocenters. The van der Waals surface area contributed by atoms with Crippen molar-refractivity contribution in [3.8, 4) is 11.3 Å². The van der Waals surface area contributed by atoms with Gasteiger partial charge in [0.25, 0.3) is 0 Å². The molecule has 3 aromatic rings. The van der Waals surface area contributed by atoms with E-state index >= 15 is 0 Å². The van der Waals surface area contributed by atoms with Gasteiger partial charge in [0.15, 0.2) is 5.58 Å². The van der Waals surface area contributed by atoms with Crippen molar-refractivity contribution >= 4 is 11.1 Å². The van der Waals surface area contributed by atoms with Crippen molar-refractivity contribution in [2.45, 2.75) is 6.42 Å². The highest BCUT2D eigenvalue weighted by Gasteiger charge is 2.11. The molecule has 0 radical (unpaired) electrons. The number of aromatic nitrogens is 3. The van der Waals surface area contributed by atoms with E-state index in [4.69, 9.17) is 10.2 Å². The lowest BCUT2D eigenvalue weighted by Crippen LogP contribution is -2.08. The monoisotopic (exact) mass is 258 g/mol. The molecule has 0 spiro atoms. The Morgan fingerprint density at radius 3 is 3.11 bits per heavy atom. The van der Waals surface area contributed by atoms with E-state index in [0.717, 1.165) is 28.8 Å². The van der Waals surface area contributed by atoms with Crippen LogP contribution in [0.1, 0.15) is 5.56 Å². The van der Waals surface area contributed by atoms with Crippen LogP contribution in [0.25, 0.3) is 22.4 Å². The van der Waals surface area contributed by atoms with Gasteiger partial charge in [0.2, 0.25) is 0 Å². The number of oxazole rings is 1. The standard InChI is InChI=1S/C13H14N4O2/c1-17-10-3-2-8(6-11(10)19-13(17)18)12-9(4-5-14)7-15-16-12/h2-3,6-7H,4-5,14H2,1H3,(H,15,16). The second kappa shape index (κ2) is 4.40. The summed E-state index contributed by atoms with van der Waals surface area (Å²) in [5.41, 5.74) is 9.82. The summed E-state index contributed by atoms with van der Waals surface area (Å²) in [5.74, 6) is -0.362. The molecular weight excluding hydrogens is 244 g/mol. The van der Waals surface area contributed by atoms with Crippen molar-refractivity contribution in [2.24, 2.45) is 12.8 Å². The van der Waals surface area contributed by atoms with Gasteiger partial charge < -0.3 is 10.2 Å². The fourth-order valence-corrected chi connectivity index (χ4v) is 2.20. The Morgan fingerprint density at radius 1 is 1.47 bits per heavy atom. The SMILES string of the molecule is Cn1c(=O)oc2cc(-c3[nH]ncc3CCN)ccc21. The minimum atomic E-state index is -0.362. The van der Waals surface area contributed by atoms with Crippen LogP contribution in [-0.4, -0.2) is 21.3 Å². The third-order valence-electron chi connectivity index (χ3n) is 3.21. The summed E-state index contributed by atoms with van der Waals surface area (Å²) < 4.78 is 6.66. The zero-order valence-corrected chi connectivity index (χ0v) is 10.5. The van der Waals surface area contributed by atoms with Crippen molar-refractivity contribution in [3.05, 3.63) is 40.5 Å². The molecule has 0 aliphatic carbocycles. The second-order valence-corrected chi connectivity index (χ2v) is 4.42. The van der Waals surface area contributed by atoms with Crippen LogP contribution < -0.4 is 11.5 Å². The number of benzene rings is 1. The Kier molecular flexibility index (Phi) is 2.72. The van der Waals surface area contributed by atoms with Gasteiger partial charge in [-0.25, -0.2) is 4.79 Å². The summed E-state index contributed by atoms with van der Waals surface area (Å²) in [6.07, 6.45) is 2.52. The number of fused-ring (bicyclic) bond motifs is 1. The molecule has 2 heterocycles. The molecule has 0 saturated heterocycles. The van der Waals surface area contributed by atoms with E-state index in [2.05, 4.69) is 10.2 Å². The van der Waals surface area contributed by atoms with E-state index in [0.29, 0.717) is 12.1 Å². The number of aryl methyl sites for hydroxylation is 1. The average molecular weight is 258 g/mol. The van der Waals surface area contributed by atoms with Gasteiger partial charge in [-0.2, -0.15) is 5.10 Å². The summed E-state index contributed by atoms with van der Waals surface area (Å²) in [6.45, 7) is 0.565. The largest absolute Gasteiger partial charge is 0.419 e. The highest BCUT2D eigenvalue weighted by Crippen LogP contribution is 2.25. The molecule has 1 aromatic carbocycles. The maximum absolute atomic E-state index is 11.5. The topological polar surface area (TPSA) is 89.8 Å². The molecule has 19 heavy (non-hydrogen) atoms. The van der Waals surface area contributed by atoms with Crippen LogP contribution in [0.15, 0.2) is 33.6 Å². The number of hydrogen-bond acceptors (Lipinski definition) is 4. The summed E-state index contributed by atoms with van der Waals surface area (Å²) in [5, 5.41) is 7.00. The third kappa shape index (κ3) is 1.86. The Balaban J connectivity index is 2.15. The summed E-state index contributed by atoms with van der Waals surface area (Å²) >= 11 is 0. The number of aromatic amines is 1. The maximum atomic E-state index is 11.5. The van der Waals surface area contributed by atoms with E-state index < -0.39 is 0 Å². The molecule has 0 saturated carbocycles. The van der Waals surface area contributed by atoms with Gasteiger partial charge in [0.1, 0.15) is 0 Å². The average Bonchev–Trinajstić information content (AvgIpc) is 2.96. The molecule has 0 bridgehead atoms. The van der Waals surface area contributed by atoms with E-state index in [1.165, 1.54) is 4.57 Å². The fourth-order valence-electron chi connectivity index (χ4n) is 2.20. The number of nitrogens with zero attached hydrogens (tertiary/aromatic N) is 2. The Bertz CT molecular complexity index is 781. The molecule has 0 aliphatic rings. The molecule has 0 amide bonds. The summed E-state index contributed by atoms with van der Waals surface area (Å²) in [6, 6.07) is 5.64. The highest BCUT2D eigenvalue weighted by atomic mass is 16.4. The number of H-pyrrole nitrogens is 1. The normalized spacial score (nSPS) is 11.3. The summed E-state index contributed by atoms with van der Waals surface area (Å²) in [7, 11) is 1.68. The third-order valence-corrected chi connectivity index (χ3v) is 3.21. The first-order valence-corrected chi connectivity index (χ1v) is 6.03. The van der Waals surface area contributed by atoms with Crippen molar-refractivity contribution < 1.29 is 4.42 Å². The molecule has 6 heteroatoms. The van der Waals surface area contributed by atoms with Gasteiger partial charge in [-0.15, -0.1) is 0 Å².